The van der Waals surface area contributed by atoms with Crippen molar-refractivity contribution < 1.29 is 23.1 Å². The van der Waals surface area contributed by atoms with Gasteiger partial charge in [-0.1, -0.05) is 12.1 Å². The first-order valence-electron chi connectivity index (χ1n) is 9.61. The number of carboxylic acids is 1. The van der Waals surface area contributed by atoms with Gasteiger partial charge in [0.15, 0.2) is 5.69 Å². The summed E-state index contributed by atoms with van der Waals surface area (Å²) in [5.41, 5.74) is -0.350. The lowest BCUT2D eigenvalue weighted by atomic mass is 10.1. The number of aryl methyl sites for hydroxylation is 3. The summed E-state index contributed by atoms with van der Waals surface area (Å²) in [5, 5.41) is 13.7. The number of rotatable bonds is 4. The molecular formula is C21H18F3N5O3. The van der Waals surface area contributed by atoms with Crippen LogP contribution in [0.1, 0.15) is 28.9 Å². The van der Waals surface area contributed by atoms with E-state index in [1.807, 2.05) is 0 Å². The Hall–Kier alpha value is -3.89. The van der Waals surface area contributed by atoms with E-state index in [-0.39, 0.29) is 16.6 Å². The zero-order valence-corrected chi connectivity index (χ0v) is 17.3. The van der Waals surface area contributed by atoms with E-state index in [2.05, 4.69) is 10.1 Å². The highest BCUT2D eigenvalue weighted by Crippen LogP contribution is 2.35. The molecule has 0 spiro atoms. The van der Waals surface area contributed by atoms with Crippen LogP contribution >= 0.6 is 0 Å². The predicted octanol–water partition coefficient (Wildman–Crippen LogP) is 3.63. The summed E-state index contributed by atoms with van der Waals surface area (Å²) in [6.45, 7) is 3.77. The van der Waals surface area contributed by atoms with E-state index in [9.17, 15) is 27.9 Å². The van der Waals surface area contributed by atoms with Gasteiger partial charge in [-0.25, -0.2) is 23.8 Å². The Balaban J connectivity index is 1.90. The average Bonchev–Trinajstić information content (AvgIpc) is 3.22. The van der Waals surface area contributed by atoms with Gasteiger partial charge in [0.1, 0.15) is 11.5 Å². The van der Waals surface area contributed by atoms with E-state index in [4.69, 9.17) is 0 Å². The first kappa shape index (κ1) is 21.3. The smallest absolute Gasteiger partial charge is 0.433 e. The van der Waals surface area contributed by atoms with Crippen LogP contribution in [0.3, 0.4) is 0 Å². The molecule has 0 amide bonds. The molecule has 166 valence electrons. The van der Waals surface area contributed by atoms with Crippen molar-refractivity contribution in [3.05, 3.63) is 64.1 Å². The van der Waals surface area contributed by atoms with E-state index in [1.165, 1.54) is 15.3 Å². The topological polar surface area (TPSA) is 94.9 Å². The number of hydrogen-bond donors (Lipinski definition) is 1. The van der Waals surface area contributed by atoms with Crippen LogP contribution in [-0.4, -0.2) is 35.0 Å². The third kappa shape index (κ3) is 3.35. The van der Waals surface area contributed by atoms with Crippen molar-refractivity contribution in [3.63, 3.8) is 0 Å². The van der Waals surface area contributed by atoms with E-state index in [0.717, 1.165) is 6.07 Å². The number of aromatic carboxylic acids is 1. The number of hydrogen-bond acceptors (Lipinski definition) is 4. The Labute approximate surface area is 179 Å². The largest absolute Gasteiger partial charge is 0.476 e. The van der Waals surface area contributed by atoms with Crippen molar-refractivity contribution in [1.29, 1.82) is 0 Å². The van der Waals surface area contributed by atoms with Crippen molar-refractivity contribution in [1.82, 2.24) is 23.9 Å². The van der Waals surface area contributed by atoms with Gasteiger partial charge >= 0.3 is 17.8 Å². The monoisotopic (exact) mass is 445 g/mol. The molecule has 11 heteroatoms. The zero-order chi connectivity index (χ0) is 23.4. The van der Waals surface area contributed by atoms with E-state index in [1.54, 1.807) is 49.7 Å². The summed E-state index contributed by atoms with van der Waals surface area (Å²) in [6.07, 6.45) is -4.77. The first-order chi connectivity index (χ1) is 15.0. The van der Waals surface area contributed by atoms with Gasteiger partial charge in [0, 0.05) is 24.7 Å². The van der Waals surface area contributed by atoms with Crippen LogP contribution in [0.4, 0.5) is 13.2 Å². The number of halogens is 3. The molecule has 0 atom stereocenters. The predicted molar refractivity (Wildman–Crippen MR) is 110 cm³/mol. The van der Waals surface area contributed by atoms with Gasteiger partial charge < -0.3 is 9.67 Å². The molecule has 0 fully saturated rings. The average molecular weight is 445 g/mol. The normalized spacial score (nSPS) is 11.9. The lowest BCUT2D eigenvalue weighted by Crippen LogP contribution is -2.21. The Morgan fingerprint density at radius 1 is 1.16 bits per heavy atom. The summed E-state index contributed by atoms with van der Waals surface area (Å²) in [6, 6.07) is 9.18. The van der Waals surface area contributed by atoms with Crippen LogP contribution in [0, 0.1) is 6.92 Å². The van der Waals surface area contributed by atoms with Gasteiger partial charge in [-0.2, -0.15) is 18.3 Å². The molecule has 4 rings (SSSR count). The van der Waals surface area contributed by atoms with Gasteiger partial charge in [-0.15, -0.1) is 0 Å². The molecule has 0 aliphatic carbocycles. The molecule has 4 aromatic rings. The van der Waals surface area contributed by atoms with Gasteiger partial charge in [0.25, 0.3) is 0 Å². The number of pyridine rings is 1. The fraction of sp³-hybridized carbons (Fsp3) is 0.238. The zero-order valence-electron chi connectivity index (χ0n) is 17.3. The number of benzene rings is 1. The molecule has 0 aliphatic heterocycles. The van der Waals surface area contributed by atoms with Crippen molar-refractivity contribution in [2.75, 3.05) is 0 Å². The van der Waals surface area contributed by atoms with Crippen LogP contribution in [0.25, 0.3) is 27.8 Å². The molecule has 0 aliphatic rings. The Morgan fingerprint density at radius 2 is 1.81 bits per heavy atom. The fourth-order valence-corrected chi connectivity index (χ4v) is 3.83. The fourth-order valence-electron chi connectivity index (χ4n) is 3.83. The standard InChI is InChI=1S/C21H18F3N5O3/c1-4-28-15(9-13-10-16(21(22,23)24)25-17(18(13)28)19(30)31)12-5-7-14(8-6-12)29-11(2)26-27(3)20(29)32/h5-10H,4H2,1-3H3,(H,30,31). The Bertz CT molecular complexity index is 1410. The third-order valence-corrected chi connectivity index (χ3v) is 5.19. The van der Waals surface area contributed by atoms with E-state index < -0.39 is 23.5 Å². The Kier molecular flexibility index (Phi) is 4.91. The maximum atomic E-state index is 13.2. The van der Waals surface area contributed by atoms with E-state index >= 15 is 0 Å². The second kappa shape index (κ2) is 7.36. The molecule has 0 unspecified atom stereocenters. The highest BCUT2D eigenvalue weighted by Gasteiger charge is 2.35. The van der Waals surface area contributed by atoms with Crippen molar-refractivity contribution >= 4 is 16.9 Å². The summed E-state index contributed by atoms with van der Waals surface area (Å²) in [5.74, 6) is -1.04. The van der Waals surface area contributed by atoms with Crippen LogP contribution in [0.5, 0.6) is 0 Å². The maximum absolute atomic E-state index is 13.2. The Morgan fingerprint density at radius 3 is 2.31 bits per heavy atom. The van der Waals surface area contributed by atoms with Crippen LogP contribution < -0.4 is 5.69 Å². The van der Waals surface area contributed by atoms with Gasteiger partial charge in [-0.05, 0) is 43.7 Å². The minimum absolute atomic E-state index is 0.117. The summed E-state index contributed by atoms with van der Waals surface area (Å²) in [7, 11) is 1.54. The lowest BCUT2D eigenvalue weighted by Gasteiger charge is -2.12. The highest BCUT2D eigenvalue weighted by molar-refractivity contribution is 6.02. The van der Waals surface area contributed by atoms with Crippen molar-refractivity contribution in [2.45, 2.75) is 26.6 Å². The van der Waals surface area contributed by atoms with Crippen LogP contribution in [-0.2, 0) is 19.8 Å². The molecule has 1 N–H and O–H groups in total. The molecule has 32 heavy (non-hydrogen) atoms. The molecular weight excluding hydrogens is 427 g/mol. The van der Waals surface area contributed by atoms with Crippen molar-refractivity contribution in [2.24, 2.45) is 7.05 Å². The quantitative estimate of drug-likeness (QED) is 0.518. The van der Waals surface area contributed by atoms with Crippen LogP contribution in [0.2, 0.25) is 0 Å². The number of carbonyl (C=O) groups is 1. The van der Waals surface area contributed by atoms with E-state index in [0.29, 0.717) is 29.3 Å². The minimum Gasteiger partial charge on any atom is -0.476 e. The van der Waals surface area contributed by atoms with Gasteiger partial charge in [0.2, 0.25) is 0 Å². The second-order valence-electron chi connectivity index (χ2n) is 7.21. The maximum Gasteiger partial charge on any atom is 0.433 e. The minimum atomic E-state index is -4.77. The number of aromatic nitrogens is 5. The molecule has 1 aromatic carbocycles. The SMILES string of the molecule is CCn1c(-c2ccc(-n3c(C)nn(C)c3=O)cc2)cc2cc(C(F)(F)F)nc(C(=O)O)c21. The van der Waals surface area contributed by atoms with Gasteiger partial charge in [0.05, 0.1) is 11.2 Å². The second-order valence-corrected chi connectivity index (χ2v) is 7.21. The molecule has 0 saturated carbocycles. The summed E-state index contributed by atoms with van der Waals surface area (Å²) < 4.78 is 44.0. The molecule has 0 bridgehead atoms. The summed E-state index contributed by atoms with van der Waals surface area (Å²) in [4.78, 5) is 27.3. The highest BCUT2D eigenvalue weighted by atomic mass is 19.4. The third-order valence-electron chi connectivity index (χ3n) is 5.19. The number of nitrogens with zero attached hydrogens (tertiary/aromatic N) is 5. The molecule has 8 nitrogen and oxygen atoms in total. The van der Waals surface area contributed by atoms with Crippen molar-refractivity contribution in [3.8, 4) is 16.9 Å². The summed E-state index contributed by atoms with van der Waals surface area (Å²) >= 11 is 0. The molecule has 0 saturated heterocycles. The number of carboxylic acid groups (broad SMARTS) is 1. The first-order valence-corrected chi connectivity index (χ1v) is 9.61. The lowest BCUT2D eigenvalue weighted by molar-refractivity contribution is -0.141. The number of alkyl halides is 3. The van der Waals surface area contributed by atoms with Crippen LogP contribution in [0.15, 0.2) is 41.2 Å². The number of fused-ring (bicyclic) bond motifs is 1. The molecule has 3 heterocycles. The molecule has 0 radical (unpaired) electrons. The van der Waals surface area contributed by atoms with Gasteiger partial charge in [-0.3, -0.25) is 0 Å². The molecule has 3 aromatic heterocycles.